The Morgan fingerprint density at radius 2 is 2.21 bits per heavy atom. The van der Waals surface area contributed by atoms with Crippen LogP contribution >= 0.6 is 0 Å². The zero-order chi connectivity index (χ0) is 12.9. The van der Waals surface area contributed by atoms with Crippen molar-refractivity contribution in [3.05, 3.63) is 36.1 Å². The van der Waals surface area contributed by atoms with Crippen molar-refractivity contribution < 1.29 is 4.52 Å². The number of aromatic nitrogens is 3. The zero-order valence-electron chi connectivity index (χ0n) is 10.7. The van der Waals surface area contributed by atoms with Crippen LogP contribution in [0.3, 0.4) is 0 Å². The number of piperidine rings is 1. The molecule has 1 aliphatic rings. The highest BCUT2D eigenvalue weighted by atomic mass is 16.5. The van der Waals surface area contributed by atoms with Gasteiger partial charge < -0.3 is 15.2 Å². The molecule has 1 saturated heterocycles. The van der Waals surface area contributed by atoms with Gasteiger partial charge in [-0.25, -0.2) is 9.97 Å². The van der Waals surface area contributed by atoms with Crippen molar-refractivity contribution in [2.45, 2.75) is 25.3 Å². The normalized spacial score (nSPS) is 16.4. The van der Waals surface area contributed by atoms with E-state index in [0.29, 0.717) is 12.5 Å². The smallest absolute Gasteiger partial charge is 0.129 e. The largest absolute Gasteiger partial charge is 0.364 e. The van der Waals surface area contributed by atoms with Crippen LogP contribution in [0.1, 0.15) is 30.1 Å². The Balaban J connectivity index is 1.65. The molecule has 19 heavy (non-hydrogen) atoms. The fourth-order valence-electron chi connectivity index (χ4n) is 2.32. The molecule has 3 heterocycles. The lowest BCUT2D eigenvalue weighted by Gasteiger charge is -2.22. The average molecular weight is 259 g/mol. The number of rotatable bonds is 4. The minimum atomic E-state index is 0.539. The molecule has 0 unspecified atom stereocenters. The summed E-state index contributed by atoms with van der Waals surface area (Å²) >= 11 is 0. The second-order valence-corrected chi connectivity index (χ2v) is 4.70. The first-order valence-corrected chi connectivity index (χ1v) is 6.57. The average Bonchev–Trinajstić information content (AvgIpc) is 3.00. The van der Waals surface area contributed by atoms with E-state index >= 15 is 0 Å². The van der Waals surface area contributed by atoms with Gasteiger partial charge in [-0.1, -0.05) is 5.16 Å². The molecule has 6 nitrogen and oxygen atoms in total. The van der Waals surface area contributed by atoms with Gasteiger partial charge in [0, 0.05) is 23.7 Å². The van der Waals surface area contributed by atoms with E-state index in [0.717, 1.165) is 43.1 Å². The number of hydrogen-bond acceptors (Lipinski definition) is 6. The van der Waals surface area contributed by atoms with Gasteiger partial charge in [0.2, 0.25) is 0 Å². The van der Waals surface area contributed by atoms with E-state index in [2.05, 4.69) is 25.8 Å². The third-order valence-corrected chi connectivity index (χ3v) is 3.39. The van der Waals surface area contributed by atoms with Crippen LogP contribution in [0.15, 0.2) is 29.2 Å². The Bertz CT molecular complexity index is 508. The van der Waals surface area contributed by atoms with Gasteiger partial charge in [0.25, 0.3) is 0 Å². The summed E-state index contributed by atoms with van der Waals surface area (Å²) in [7, 11) is 0. The zero-order valence-corrected chi connectivity index (χ0v) is 10.7. The maximum atomic E-state index is 4.79. The molecule has 6 heteroatoms. The van der Waals surface area contributed by atoms with E-state index in [9.17, 15) is 0 Å². The number of nitrogens with one attached hydrogen (secondary N) is 2. The van der Waals surface area contributed by atoms with Crippen molar-refractivity contribution in [2.24, 2.45) is 0 Å². The van der Waals surface area contributed by atoms with Crippen molar-refractivity contribution in [1.82, 2.24) is 20.4 Å². The highest BCUT2D eigenvalue weighted by molar-refractivity contribution is 5.36. The van der Waals surface area contributed by atoms with Crippen LogP contribution in [-0.2, 0) is 6.54 Å². The Kier molecular flexibility index (Phi) is 3.69. The molecule has 2 aromatic heterocycles. The van der Waals surface area contributed by atoms with E-state index in [1.54, 1.807) is 12.6 Å². The molecule has 0 radical (unpaired) electrons. The monoisotopic (exact) mass is 259 g/mol. The van der Waals surface area contributed by atoms with Crippen LogP contribution in [0, 0.1) is 0 Å². The van der Waals surface area contributed by atoms with Crippen molar-refractivity contribution in [3.63, 3.8) is 0 Å². The summed E-state index contributed by atoms with van der Waals surface area (Å²) in [6.45, 7) is 2.74. The first-order chi connectivity index (χ1) is 9.42. The van der Waals surface area contributed by atoms with E-state index in [-0.39, 0.29) is 0 Å². The quantitative estimate of drug-likeness (QED) is 0.867. The molecular formula is C13H17N5O. The SMILES string of the molecule is c1nc(NCc2ccon2)cc(C2CCNCC2)n1. The van der Waals surface area contributed by atoms with Gasteiger partial charge in [-0.05, 0) is 25.9 Å². The minimum Gasteiger partial charge on any atom is -0.364 e. The Labute approximate surface area is 111 Å². The molecule has 0 amide bonds. The molecule has 1 aliphatic heterocycles. The third-order valence-electron chi connectivity index (χ3n) is 3.39. The maximum Gasteiger partial charge on any atom is 0.129 e. The van der Waals surface area contributed by atoms with Gasteiger partial charge in [-0.3, -0.25) is 0 Å². The summed E-state index contributed by atoms with van der Waals surface area (Å²) in [4.78, 5) is 8.63. The second-order valence-electron chi connectivity index (χ2n) is 4.70. The number of anilines is 1. The minimum absolute atomic E-state index is 0.539. The highest BCUT2D eigenvalue weighted by Crippen LogP contribution is 2.24. The lowest BCUT2D eigenvalue weighted by Crippen LogP contribution is -2.27. The van der Waals surface area contributed by atoms with Crippen LogP contribution in [0.2, 0.25) is 0 Å². The van der Waals surface area contributed by atoms with Gasteiger partial charge in [-0.15, -0.1) is 0 Å². The van der Waals surface area contributed by atoms with Crippen LogP contribution < -0.4 is 10.6 Å². The van der Waals surface area contributed by atoms with Crippen LogP contribution in [0.5, 0.6) is 0 Å². The molecular weight excluding hydrogens is 242 g/mol. The summed E-state index contributed by atoms with van der Waals surface area (Å²) in [6.07, 6.45) is 5.47. The first kappa shape index (κ1) is 12.1. The van der Waals surface area contributed by atoms with Crippen molar-refractivity contribution >= 4 is 5.82 Å². The maximum absolute atomic E-state index is 4.79. The summed E-state index contributed by atoms with van der Waals surface area (Å²) in [6, 6.07) is 3.87. The molecule has 0 aromatic carbocycles. The highest BCUT2D eigenvalue weighted by Gasteiger charge is 2.16. The van der Waals surface area contributed by atoms with E-state index in [1.807, 2.05) is 12.1 Å². The number of hydrogen-bond donors (Lipinski definition) is 2. The summed E-state index contributed by atoms with van der Waals surface area (Å²) in [5, 5.41) is 10.5. The van der Waals surface area contributed by atoms with Gasteiger partial charge in [0.05, 0.1) is 6.54 Å². The molecule has 2 aromatic rings. The molecule has 0 aliphatic carbocycles. The van der Waals surface area contributed by atoms with Crippen molar-refractivity contribution in [3.8, 4) is 0 Å². The molecule has 100 valence electrons. The van der Waals surface area contributed by atoms with Crippen molar-refractivity contribution in [2.75, 3.05) is 18.4 Å². The predicted octanol–water partition coefficient (Wildman–Crippen LogP) is 1.54. The van der Waals surface area contributed by atoms with Gasteiger partial charge in [0.15, 0.2) is 0 Å². The van der Waals surface area contributed by atoms with E-state index in [1.165, 1.54) is 0 Å². The summed E-state index contributed by atoms with van der Waals surface area (Å²) < 4.78 is 4.79. The molecule has 0 atom stereocenters. The summed E-state index contributed by atoms with van der Waals surface area (Å²) in [5.41, 5.74) is 1.99. The molecule has 1 fully saturated rings. The Morgan fingerprint density at radius 1 is 1.32 bits per heavy atom. The molecule has 0 bridgehead atoms. The topological polar surface area (TPSA) is 75.9 Å². The van der Waals surface area contributed by atoms with Crippen LogP contribution in [0.4, 0.5) is 5.82 Å². The van der Waals surface area contributed by atoms with E-state index < -0.39 is 0 Å². The molecule has 2 N–H and O–H groups in total. The predicted molar refractivity (Wildman–Crippen MR) is 70.7 cm³/mol. The number of nitrogens with zero attached hydrogens (tertiary/aromatic N) is 3. The van der Waals surface area contributed by atoms with Crippen molar-refractivity contribution in [1.29, 1.82) is 0 Å². The molecule has 0 spiro atoms. The fourth-order valence-corrected chi connectivity index (χ4v) is 2.32. The summed E-state index contributed by atoms with van der Waals surface area (Å²) in [5.74, 6) is 1.38. The Hall–Kier alpha value is -1.95. The molecule has 3 rings (SSSR count). The lowest BCUT2D eigenvalue weighted by atomic mass is 9.94. The lowest BCUT2D eigenvalue weighted by molar-refractivity contribution is 0.412. The van der Waals surface area contributed by atoms with Gasteiger partial charge >= 0.3 is 0 Å². The van der Waals surface area contributed by atoms with Gasteiger partial charge in [0.1, 0.15) is 24.1 Å². The molecule has 0 saturated carbocycles. The van der Waals surface area contributed by atoms with E-state index in [4.69, 9.17) is 4.52 Å². The third kappa shape index (κ3) is 3.08. The fraction of sp³-hybridized carbons (Fsp3) is 0.462. The van der Waals surface area contributed by atoms with Gasteiger partial charge in [-0.2, -0.15) is 0 Å². The van der Waals surface area contributed by atoms with Crippen LogP contribution in [-0.4, -0.2) is 28.2 Å². The second kappa shape index (κ2) is 5.79. The Morgan fingerprint density at radius 3 is 3.00 bits per heavy atom. The van der Waals surface area contributed by atoms with Crippen LogP contribution in [0.25, 0.3) is 0 Å². The first-order valence-electron chi connectivity index (χ1n) is 6.57. The standard InChI is InChI=1S/C13H17N5O/c1-4-14-5-2-10(1)12-7-13(17-9-16-12)15-8-11-3-6-19-18-11/h3,6-7,9-10,14H,1-2,4-5,8H2,(H,15,16,17).